The molecule has 0 radical (unpaired) electrons. The van der Waals surface area contributed by atoms with Crippen molar-refractivity contribution in [3.05, 3.63) is 81.2 Å². The summed E-state index contributed by atoms with van der Waals surface area (Å²) in [5.74, 6) is 0.285. The first-order valence-corrected chi connectivity index (χ1v) is 7.94. The summed E-state index contributed by atoms with van der Waals surface area (Å²) in [5.41, 5.74) is 4.83. The van der Waals surface area contributed by atoms with E-state index in [2.05, 4.69) is 5.10 Å². The lowest BCUT2D eigenvalue weighted by Crippen LogP contribution is -2.01. The van der Waals surface area contributed by atoms with Gasteiger partial charge in [-0.2, -0.15) is 5.10 Å². The van der Waals surface area contributed by atoms with Crippen molar-refractivity contribution in [2.45, 2.75) is 27.4 Å². The van der Waals surface area contributed by atoms with Crippen LogP contribution in [0.2, 0.25) is 0 Å². The summed E-state index contributed by atoms with van der Waals surface area (Å²) in [5, 5.41) is 15.6. The number of rotatable bonds is 5. The van der Waals surface area contributed by atoms with Crippen LogP contribution < -0.4 is 4.74 Å². The smallest absolute Gasteiger partial charge is 0.310 e. The Morgan fingerprint density at radius 2 is 1.80 bits per heavy atom. The Labute approximate surface area is 145 Å². The van der Waals surface area contributed by atoms with Crippen molar-refractivity contribution in [1.29, 1.82) is 0 Å². The fourth-order valence-electron chi connectivity index (χ4n) is 2.67. The molecule has 6 heteroatoms. The second-order valence-electron chi connectivity index (χ2n) is 6.02. The van der Waals surface area contributed by atoms with Gasteiger partial charge in [0.25, 0.3) is 0 Å². The molecule has 0 bridgehead atoms. The molecule has 3 aromatic rings. The second kappa shape index (κ2) is 6.76. The number of aromatic nitrogens is 2. The van der Waals surface area contributed by atoms with E-state index < -0.39 is 4.92 Å². The van der Waals surface area contributed by atoms with E-state index in [1.807, 2.05) is 55.8 Å². The van der Waals surface area contributed by atoms with Gasteiger partial charge < -0.3 is 4.74 Å². The third kappa shape index (κ3) is 3.68. The normalized spacial score (nSPS) is 10.7. The predicted molar refractivity (Wildman–Crippen MR) is 95.2 cm³/mol. The maximum absolute atomic E-state index is 11.1. The summed E-state index contributed by atoms with van der Waals surface area (Å²) in [6.45, 7) is 6.11. The zero-order valence-electron chi connectivity index (χ0n) is 14.4. The third-order valence-electron chi connectivity index (χ3n) is 3.90. The van der Waals surface area contributed by atoms with E-state index in [1.54, 1.807) is 12.1 Å². The van der Waals surface area contributed by atoms with Crippen molar-refractivity contribution in [2.75, 3.05) is 0 Å². The number of hydrogen-bond acceptors (Lipinski definition) is 4. The van der Waals surface area contributed by atoms with Gasteiger partial charge in [-0.3, -0.25) is 10.1 Å². The molecule has 0 saturated heterocycles. The van der Waals surface area contributed by atoms with E-state index in [0.717, 1.165) is 28.2 Å². The van der Waals surface area contributed by atoms with Gasteiger partial charge in [0.1, 0.15) is 6.61 Å². The van der Waals surface area contributed by atoms with Gasteiger partial charge in [-0.1, -0.05) is 18.2 Å². The molecule has 0 amide bonds. The summed E-state index contributed by atoms with van der Waals surface area (Å²) >= 11 is 0. The average Bonchev–Trinajstić information content (AvgIpc) is 2.91. The quantitative estimate of drug-likeness (QED) is 0.514. The summed E-state index contributed by atoms with van der Waals surface area (Å²) < 4.78 is 7.55. The van der Waals surface area contributed by atoms with E-state index in [0.29, 0.717) is 0 Å². The Morgan fingerprint density at radius 3 is 2.40 bits per heavy atom. The van der Waals surface area contributed by atoms with Gasteiger partial charge in [0.15, 0.2) is 5.75 Å². The highest BCUT2D eigenvalue weighted by Gasteiger charge is 2.15. The molecule has 2 aromatic carbocycles. The molecule has 0 aliphatic rings. The Bertz CT molecular complexity index is 914. The molecule has 25 heavy (non-hydrogen) atoms. The first-order chi connectivity index (χ1) is 11.9. The monoisotopic (exact) mass is 337 g/mol. The van der Waals surface area contributed by atoms with E-state index in [4.69, 9.17) is 4.74 Å². The number of hydrogen-bond donors (Lipinski definition) is 0. The molecule has 128 valence electrons. The van der Waals surface area contributed by atoms with Crippen LogP contribution in [-0.4, -0.2) is 14.7 Å². The average molecular weight is 337 g/mol. The number of nitrogens with zero attached hydrogens (tertiary/aromatic N) is 3. The van der Waals surface area contributed by atoms with E-state index in [9.17, 15) is 10.1 Å². The van der Waals surface area contributed by atoms with E-state index in [1.165, 1.54) is 6.07 Å². The Kier molecular flexibility index (Phi) is 4.52. The van der Waals surface area contributed by atoms with Gasteiger partial charge >= 0.3 is 5.69 Å². The van der Waals surface area contributed by atoms with Crippen LogP contribution in [0.25, 0.3) is 5.69 Å². The molecular formula is C19H19N3O3. The molecule has 6 nitrogen and oxygen atoms in total. The number of nitro groups is 1. The number of aryl methyl sites for hydroxylation is 3. The first kappa shape index (κ1) is 16.7. The van der Waals surface area contributed by atoms with Crippen molar-refractivity contribution < 1.29 is 9.66 Å². The molecule has 0 N–H and O–H groups in total. The minimum absolute atomic E-state index is 0.0233. The van der Waals surface area contributed by atoms with Crippen molar-refractivity contribution in [3.8, 4) is 11.4 Å². The molecule has 0 unspecified atom stereocenters. The standard InChI is InChI=1S/C19H19N3O3/c1-13-4-9-18(22(23)24)19(10-13)25-12-16-5-7-17(8-6-16)21-15(3)11-14(2)20-21/h4-11H,12H2,1-3H3. The van der Waals surface area contributed by atoms with Gasteiger partial charge in [0, 0.05) is 11.8 Å². The van der Waals surface area contributed by atoms with Crippen molar-refractivity contribution in [2.24, 2.45) is 0 Å². The van der Waals surface area contributed by atoms with Gasteiger partial charge in [0.2, 0.25) is 0 Å². The van der Waals surface area contributed by atoms with Crippen molar-refractivity contribution >= 4 is 5.69 Å². The largest absolute Gasteiger partial charge is 0.482 e. The summed E-state index contributed by atoms with van der Waals surface area (Å²) in [4.78, 5) is 10.7. The lowest BCUT2D eigenvalue weighted by molar-refractivity contribution is -0.386. The van der Waals surface area contributed by atoms with Crippen LogP contribution >= 0.6 is 0 Å². The number of nitro benzene ring substituents is 1. The second-order valence-corrected chi connectivity index (χ2v) is 6.02. The highest BCUT2D eigenvalue weighted by molar-refractivity contribution is 5.48. The molecule has 1 heterocycles. The number of benzene rings is 2. The molecule has 0 aliphatic carbocycles. The van der Waals surface area contributed by atoms with Crippen molar-refractivity contribution in [1.82, 2.24) is 9.78 Å². The highest BCUT2D eigenvalue weighted by Crippen LogP contribution is 2.28. The van der Waals surface area contributed by atoms with Crippen LogP contribution in [-0.2, 0) is 6.61 Å². The van der Waals surface area contributed by atoms with Crippen LogP contribution in [0.5, 0.6) is 5.75 Å². The Hall–Kier alpha value is -3.15. The van der Waals surface area contributed by atoms with Gasteiger partial charge in [-0.15, -0.1) is 0 Å². The van der Waals surface area contributed by atoms with E-state index >= 15 is 0 Å². The van der Waals surface area contributed by atoms with Crippen LogP contribution in [0.15, 0.2) is 48.5 Å². The lowest BCUT2D eigenvalue weighted by Gasteiger charge is -2.09. The molecule has 0 atom stereocenters. The summed E-state index contributed by atoms with van der Waals surface area (Å²) in [6, 6.07) is 14.7. The zero-order valence-corrected chi connectivity index (χ0v) is 14.4. The van der Waals surface area contributed by atoms with Crippen molar-refractivity contribution in [3.63, 3.8) is 0 Å². The minimum Gasteiger partial charge on any atom is -0.482 e. The Morgan fingerprint density at radius 1 is 1.08 bits per heavy atom. The highest BCUT2D eigenvalue weighted by atomic mass is 16.6. The topological polar surface area (TPSA) is 70.2 Å². The molecule has 0 saturated carbocycles. The van der Waals surface area contributed by atoms with E-state index in [-0.39, 0.29) is 18.0 Å². The molecule has 0 fully saturated rings. The fraction of sp³-hybridized carbons (Fsp3) is 0.211. The zero-order chi connectivity index (χ0) is 18.0. The van der Waals surface area contributed by atoms with Crippen LogP contribution in [0.4, 0.5) is 5.69 Å². The number of ether oxygens (including phenoxy) is 1. The molecule has 1 aromatic heterocycles. The first-order valence-electron chi connectivity index (χ1n) is 7.94. The van der Waals surface area contributed by atoms with Crippen LogP contribution in [0.3, 0.4) is 0 Å². The van der Waals surface area contributed by atoms with Gasteiger partial charge in [-0.25, -0.2) is 4.68 Å². The molecular weight excluding hydrogens is 318 g/mol. The lowest BCUT2D eigenvalue weighted by atomic mass is 10.2. The molecule has 0 spiro atoms. The van der Waals surface area contributed by atoms with Gasteiger partial charge in [-0.05, 0) is 56.2 Å². The van der Waals surface area contributed by atoms with Crippen LogP contribution in [0, 0.1) is 30.9 Å². The third-order valence-corrected chi connectivity index (χ3v) is 3.90. The summed E-state index contributed by atoms with van der Waals surface area (Å²) in [7, 11) is 0. The SMILES string of the molecule is Cc1ccc([N+](=O)[O-])c(OCc2ccc(-n3nc(C)cc3C)cc2)c1. The van der Waals surface area contributed by atoms with Gasteiger partial charge in [0.05, 0.1) is 16.3 Å². The maximum atomic E-state index is 11.1. The fourth-order valence-corrected chi connectivity index (χ4v) is 2.67. The minimum atomic E-state index is -0.430. The molecule has 0 aliphatic heterocycles. The van der Waals surface area contributed by atoms with Crippen LogP contribution in [0.1, 0.15) is 22.5 Å². The summed E-state index contributed by atoms with van der Waals surface area (Å²) in [6.07, 6.45) is 0. The maximum Gasteiger partial charge on any atom is 0.310 e. The molecule has 3 rings (SSSR count). The Balaban J connectivity index is 1.76. The predicted octanol–water partition coefficient (Wildman–Crippen LogP) is 4.28.